The standard InChI is InChI=1S/C34H42F6N4S2/c1-3-5-7-9-11-13-15-17-19-21-41-43-33(45-21)25-27(35)23-24(29(37)31(25)39)30(38)32(40)26(28(23)36)34-44-42-22(46-34)20-18-16-14-12-10-8-6-4-2/h3-20H2,1-2H3. The number of aryl methyl sites for hydroxylation is 2. The minimum Gasteiger partial charge on any atom is -0.205 e. The highest BCUT2D eigenvalue weighted by Crippen LogP contribution is 2.42. The molecule has 0 unspecified atom stereocenters. The van der Waals surface area contributed by atoms with Gasteiger partial charge in [-0.15, -0.1) is 20.4 Å². The van der Waals surface area contributed by atoms with Gasteiger partial charge >= 0.3 is 0 Å². The second-order valence-corrected chi connectivity index (χ2v) is 14.0. The molecule has 0 N–H and O–H groups in total. The van der Waals surface area contributed by atoms with Crippen LogP contribution in [0.1, 0.15) is 127 Å². The Morgan fingerprint density at radius 1 is 0.391 bits per heavy atom. The summed E-state index contributed by atoms with van der Waals surface area (Å²) in [5.41, 5.74) is -1.93. The zero-order valence-corrected chi connectivity index (χ0v) is 28.2. The molecule has 46 heavy (non-hydrogen) atoms. The Bertz CT molecular complexity index is 1460. The Morgan fingerprint density at radius 2 is 0.717 bits per heavy atom. The number of rotatable bonds is 20. The first-order chi connectivity index (χ1) is 22.3. The molecule has 0 saturated heterocycles. The Morgan fingerprint density at radius 3 is 1.09 bits per heavy atom. The Balaban J connectivity index is 1.52. The maximum absolute atomic E-state index is 15.9. The second kappa shape index (κ2) is 18.1. The molecule has 0 fully saturated rings. The number of nitrogens with zero attached hydrogens (tertiary/aromatic N) is 4. The highest BCUT2D eigenvalue weighted by Gasteiger charge is 2.33. The van der Waals surface area contributed by atoms with Crippen LogP contribution in [0.25, 0.3) is 31.9 Å². The monoisotopic (exact) mass is 684 g/mol. The fourth-order valence-electron chi connectivity index (χ4n) is 5.62. The maximum atomic E-state index is 15.9. The number of benzene rings is 2. The van der Waals surface area contributed by atoms with Crippen LogP contribution in [-0.2, 0) is 12.8 Å². The predicted octanol–water partition coefficient (Wildman–Crippen LogP) is 12.1. The summed E-state index contributed by atoms with van der Waals surface area (Å²) in [6.07, 6.45) is 18.6. The fraction of sp³-hybridized carbons (Fsp3) is 0.588. The molecule has 0 amide bonds. The molecular weight excluding hydrogens is 643 g/mol. The Labute approximate surface area is 275 Å². The number of halogens is 6. The van der Waals surface area contributed by atoms with Gasteiger partial charge in [-0.05, 0) is 12.8 Å². The largest absolute Gasteiger partial charge is 0.205 e. The van der Waals surface area contributed by atoms with Crippen molar-refractivity contribution >= 4 is 33.4 Å². The number of aromatic nitrogens is 4. The summed E-state index contributed by atoms with van der Waals surface area (Å²) < 4.78 is 92.5. The van der Waals surface area contributed by atoms with Crippen molar-refractivity contribution in [2.75, 3.05) is 0 Å². The first-order valence-electron chi connectivity index (χ1n) is 16.6. The van der Waals surface area contributed by atoms with Crippen LogP contribution in [-0.4, -0.2) is 20.4 Å². The van der Waals surface area contributed by atoms with Crippen LogP contribution in [0.3, 0.4) is 0 Å². The fourth-order valence-corrected chi connectivity index (χ4v) is 7.45. The minimum absolute atomic E-state index is 0.306. The van der Waals surface area contributed by atoms with E-state index in [0.29, 0.717) is 22.9 Å². The first-order valence-corrected chi connectivity index (χ1v) is 18.2. The van der Waals surface area contributed by atoms with E-state index in [4.69, 9.17) is 0 Å². The summed E-state index contributed by atoms with van der Waals surface area (Å²) in [4.78, 5) is 0. The van der Waals surface area contributed by atoms with Crippen LogP contribution in [0.15, 0.2) is 0 Å². The lowest BCUT2D eigenvalue weighted by Gasteiger charge is -2.12. The predicted molar refractivity (Wildman–Crippen MR) is 174 cm³/mol. The smallest absolute Gasteiger partial charge is 0.172 e. The third-order valence-corrected chi connectivity index (χ3v) is 10.2. The van der Waals surface area contributed by atoms with Gasteiger partial charge in [0.1, 0.15) is 21.6 Å². The number of fused-ring (bicyclic) bond motifs is 1. The average molecular weight is 685 g/mol. The van der Waals surface area contributed by atoms with Gasteiger partial charge in [0.2, 0.25) is 0 Å². The van der Waals surface area contributed by atoms with Crippen molar-refractivity contribution in [3.05, 3.63) is 44.9 Å². The molecule has 4 rings (SSSR count). The molecule has 0 aliphatic carbocycles. The van der Waals surface area contributed by atoms with Crippen molar-refractivity contribution in [1.29, 1.82) is 0 Å². The lowest BCUT2D eigenvalue weighted by atomic mass is 10.00. The Hall–Kier alpha value is -2.60. The quantitative estimate of drug-likeness (QED) is 0.0528. The lowest BCUT2D eigenvalue weighted by molar-refractivity contribution is 0.482. The van der Waals surface area contributed by atoms with E-state index in [1.54, 1.807) is 0 Å². The van der Waals surface area contributed by atoms with Crippen LogP contribution >= 0.6 is 22.7 Å². The molecule has 4 aromatic rings. The van der Waals surface area contributed by atoms with Gasteiger partial charge in [0.25, 0.3) is 0 Å². The molecule has 2 heterocycles. The highest BCUT2D eigenvalue weighted by atomic mass is 32.1. The summed E-state index contributed by atoms with van der Waals surface area (Å²) in [5, 5.41) is 13.4. The molecular formula is C34H42F6N4S2. The summed E-state index contributed by atoms with van der Waals surface area (Å²) >= 11 is 1.72. The van der Waals surface area contributed by atoms with E-state index >= 15 is 26.3 Å². The van der Waals surface area contributed by atoms with Crippen LogP contribution in [0, 0.1) is 34.9 Å². The highest BCUT2D eigenvalue weighted by molar-refractivity contribution is 7.15. The topological polar surface area (TPSA) is 51.6 Å². The zero-order chi connectivity index (χ0) is 33.1. The minimum atomic E-state index is -1.90. The summed E-state index contributed by atoms with van der Waals surface area (Å²) in [6, 6.07) is 0. The molecule has 252 valence electrons. The maximum Gasteiger partial charge on any atom is 0.172 e. The molecule has 0 atom stereocenters. The van der Waals surface area contributed by atoms with Crippen LogP contribution in [0.4, 0.5) is 26.3 Å². The molecule has 4 nitrogen and oxygen atoms in total. The van der Waals surface area contributed by atoms with E-state index in [1.165, 1.54) is 51.4 Å². The van der Waals surface area contributed by atoms with E-state index < -0.39 is 56.8 Å². The molecule has 0 bridgehead atoms. The van der Waals surface area contributed by atoms with Crippen LogP contribution < -0.4 is 0 Å². The number of hydrogen-bond donors (Lipinski definition) is 0. The van der Waals surface area contributed by atoms with Gasteiger partial charge in [-0.1, -0.05) is 126 Å². The molecule has 0 spiro atoms. The molecule has 0 radical (unpaired) electrons. The van der Waals surface area contributed by atoms with Crippen molar-refractivity contribution < 1.29 is 26.3 Å². The van der Waals surface area contributed by atoms with E-state index in [9.17, 15) is 0 Å². The second-order valence-electron chi connectivity index (χ2n) is 11.8. The van der Waals surface area contributed by atoms with E-state index in [1.807, 2.05) is 0 Å². The van der Waals surface area contributed by atoms with Crippen molar-refractivity contribution in [3.8, 4) is 21.1 Å². The summed E-state index contributed by atoms with van der Waals surface area (Å²) in [6.45, 7) is 4.33. The van der Waals surface area contributed by atoms with Crippen molar-refractivity contribution in [2.24, 2.45) is 0 Å². The third-order valence-electron chi connectivity index (χ3n) is 8.24. The molecule has 2 aromatic carbocycles. The SMILES string of the molecule is CCCCCCCCCCc1nnc(-c2c(F)c(F)c3c(F)c(F)c(-c4nnc(CCCCCCCCCC)s4)c(F)c3c2F)s1. The summed E-state index contributed by atoms with van der Waals surface area (Å²) in [7, 11) is 0. The number of hydrogen-bond acceptors (Lipinski definition) is 6. The van der Waals surface area contributed by atoms with E-state index in [0.717, 1.165) is 74.0 Å². The normalized spacial score (nSPS) is 11.7. The third kappa shape index (κ3) is 8.85. The lowest BCUT2D eigenvalue weighted by Crippen LogP contribution is -2.05. The number of unbranched alkanes of at least 4 members (excludes halogenated alkanes) is 14. The van der Waals surface area contributed by atoms with Gasteiger partial charge in [-0.3, -0.25) is 0 Å². The molecule has 0 aliphatic rings. The van der Waals surface area contributed by atoms with Gasteiger partial charge < -0.3 is 0 Å². The van der Waals surface area contributed by atoms with Gasteiger partial charge in [0, 0.05) is 12.8 Å². The van der Waals surface area contributed by atoms with Crippen molar-refractivity contribution in [2.45, 2.75) is 129 Å². The van der Waals surface area contributed by atoms with Gasteiger partial charge in [0.15, 0.2) is 33.3 Å². The molecule has 0 aliphatic heterocycles. The molecule has 0 saturated carbocycles. The molecule has 2 aromatic heterocycles. The van der Waals surface area contributed by atoms with E-state index in [-0.39, 0.29) is 10.0 Å². The van der Waals surface area contributed by atoms with Gasteiger partial charge in [-0.25, -0.2) is 26.3 Å². The zero-order valence-electron chi connectivity index (χ0n) is 26.6. The van der Waals surface area contributed by atoms with Gasteiger partial charge in [-0.2, -0.15) is 0 Å². The van der Waals surface area contributed by atoms with Crippen LogP contribution in [0.2, 0.25) is 0 Å². The van der Waals surface area contributed by atoms with Crippen LogP contribution in [0.5, 0.6) is 0 Å². The van der Waals surface area contributed by atoms with E-state index in [2.05, 4.69) is 34.2 Å². The van der Waals surface area contributed by atoms with Crippen molar-refractivity contribution in [3.63, 3.8) is 0 Å². The summed E-state index contributed by atoms with van der Waals surface area (Å²) in [5.74, 6) is -10.5. The molecule has 12 heteroatoms. The van der Waals surface area contributed by atoms with Gasteiger partial charge in [0.05, 0.1) is 21.9 Å². The average Bonchev–Trinajstić information content (AvgIpc) is 3.70. The Kier molecular flexibility index (Phi) is 14.2. The first kappa shape index (κ1) is 36.2. The van der Waals surface area contributed by atoms with Crippen molar-refractivity contribution in [1.82, 2.24) is 20.4 Å².